The van der Waals surface area contributed by atoms with Crippen molar-refractivity contribution in [2.75, 3.05) is 12.4 Å². The molecule has 0 aliphatic rings. The van der Waals surface area contributed by atoms with E-state index in [1.165, 1.54) is 0 Å². The van der Waals surface area contributed by atoms with E-state index in [-0.39, 0.29) is 11.9 Å². The number of amides is 1. The van der Waals surface area contributed by atoms with Crippen LogP contribution in [0.25, 0.3) is 0 Å². The third-order valence-corrected chi connectivity index (χ3v) is 4.05. The van der Waals surface area contributed by atoms with E-state index in [9.17, 15) is 4.79 Å². The second-order valence-electron chi connectivity index (χ2n) is 4.62. The van der Waals surface area contributed by atoms with E-state index in [0.717, 1.165) is 28.4 Å². The number of hydrogen-bond acceptors (Lipinski definition) is 1. The van der Waals surface area contributed by atoms with Crippen LogP contribution < -0.4 is 0 Å². The molecule has 2 nitrogen and oxygen atoms in total. The van der Waals surface area contributed by atoms with Crippen molar-refractivity contribution >= 4 is 33.4 Å². The van der Waals surface area contributed by atoms with Crippen molar-refractivity contribution < 1.29 is 4.79 Å². The Labute approximate surface area is 129 Å². The van der Waals surface area contributed by atoms with Gasteiger partial charge in [-0.05, 0) is 43.5 Å². The van der Waals surface area contributed by atoms with Crippen molar-refractivity contribution in [2.45, 2.75) is 39.7 Å². The summed E-state index contributed by atoms with van der Waals surface area (Å²) >= 11 is 9.27. The molecule has 1 aromatic rings. The first kappa shape index (κ1) is 16.5. The molecule has 1 aromatic carbocycles. The van der Waals surface area contributed by atoms with Gasteiger partial charge in [0.15, 0.2) is 0 Å². The maximum absolute atomic E-state index is 12.7. The molecule has 0 unspecified atom stereocenters. The van der Waals surface area contributed by atoms with Crippen LogP contribution in [0.3, 0.4) is 0 Å². The molecule has 1 rings (SSSR count). The van der Waals surface area contributed by atoms with Crippen LogP contribution in [0.1, 0.15) is 42.6 Å². The van der Waals surface area contributed by atoms with Gasteiger partial charge in [0, 0.05) is 28.5 Å². The third kappa shape index (κ3) is 4.22. The molecule has 19 heavy (non-hydrogen) atoms. The van der Waals surface area contributed by atoms with Crippen LogP contribution in [-0.4, -0.2) is 29.3 Å². The second-order valence-corrected chi connectivity index (χ2v) is 5.91. The highest BCUT2D eigenvalue weighted by Gasteiger charge is 2.22. The predicted molar refractivity (Wildman–Crippen MR) is 85.0 cm³/mol. The Kier molecular flexibility index (Phi) is 6.87. The lowest BCUT2D eigenvalue weighted by molar-refractivity contribution is 0.0681. The zero-order valence-corrected chi connectivity index (χ0v) is 14.1. The fourth-order valence-electron chi connectivity index (χ4n) is 2.29. The number of carbonyl (C=O) groups is 1. The maximum Gasteiger partial charge on any atom is 0.254 e. The number of benzene rings is 1. The molecule has 0 aliphatic heterocycles. The zero-order valence-electron chi connectivity index (χ0n) is 11.7. The molecule has 0 saturated heterocycles. The van der Waals surface area contributed by atoms with Crippen LogP contribution in [0.2, 0.25) is 0 Å². The number of alkyl halides is 1. The fraction of sp³-hybridized carbons (Fsp3) is 0.533. The summed E-state index contributed by atoms with van der Waals surface area (Å²) in [5, 5.41) is 0. The summed E-state index contributed by atoms with van der Waals surface area (Å²) in [5.74, 6) is 0.553. The summed E-state index contributed by atoms with van der Waals surface area (Å²) in [7, 11) is 0. The van der Waals surface area contributed by atoms with Gasteiger partial charge in [-0.2, -0.15) is 0 Å². The Morgan fingerprint density at radius 3 is 2.47 bits per heavy atom. The predicted octanol–water partition coefficient (Wildman–Crippen LogP) is 4.63. The minimum absolute atomic E-state index is 0.0827. The summed E-state index contributed by atoms with van der Waals surface area (Å²) in [6.45, 7) is 6.78. The molecule has 0 N–H and O–H groups in total. The van der Waals surface area contributed by atoms with Crippen LogP contribution in [0, 0.1) is 6.92 Å². The van der Waals surface area contributed by atoms with Crippen LogP contribution in [0.5, 0.6) is 0 Å². The van der Waals surface area contributed by atoms with E-state index in [4.69, 9.17) is 11.6 Å². The minimum Gasteiger partial charge on any atom is -0.334 e. The first-order valence-corrected chi connectivity index (χ1v) is 8.00. The number of hydrogen-bond donors (Lipinski definition) is 0. The number of nitrogens with zero attached hydrogens (tertiary/aromatic N) is 1. The van der Waals surface area contributed by atoms with Gasteiger partial charge < -0.3 is 4.90 Å². The van der Waals surface area contributed by atoms with Gasteiger partial charge in [-0.1, -0.05) is 29.8 Å². The Bertz CT molecular complexity index is 432. The van der Waals surface area contributed by atoms with Crippen molar-refractivity contribution in [3.05, 3.63) is 33.8 Å². The largest absolute Gasteiger partial charge is 0.334 e. The molecule has 0 aromatic heterocycles. The van der Waals surface area contributed by atoms with Gasteiger partial charge >= 0.3 is 0 Å². The quantitative estimate of drug-likeness (QED) is 0.688. The molecule has 0 bridgehead atoms. The Hall–Kier alpha value is -0.540. The third-order valence-electron chi connectivity index (χ3n) is 3.39. The van der Waals surface area contributed by atoms with Gasteiger partial charge in [-0.15, -0.1) is 11.6 Å². The SMILES string of the molecule is CCC(CC)N(CCCl)C(=O)c1ccc(Br)cc1C. The monoisotopic (exact) mass is 345 g/mol. The second kappa shape index (κ2) is 7.91. The van der Waals surface area contributed by atoms with Crippen LogP contribution in [-0.2, 0) is 0 Å². The Morgan fingerprint density at radius 1 is 1.37 bits per heavy atom. The molecule has 0 heterocycles. The summed E-state index contributed by atoms with van der Waals surface area (Å²) in [6.07, 6.45) is 1.91. The van der Waals surface area contributed by atoms with Crippen LogP contribution in [0.15, 0.2) is 22.7 Å². The Morgan fingerprint density at radius 2 is 2.00 bits per heavy atom. The first-order valence-electron chi connectivity index (χ1n) is 6.68. The van der Waals surface area contributed by atoms with Crippen molar-refractivity contribution in [3.8, 4) is 0 Å². The molecular formula is C15H21BrClNO. The summed E-state index contributed by atoms with van der Waals surface area (Å²) in [4.78, 5) is 14.6. The van der Waals surface area contributed by atoms with Gasteiger partial charge in [0.1, 0.15) is 0 Å². The molecule has 106 valence electrons. The molecule has 0 spiro atoms. The molecule has 0 fully saturated rings. The van der Waals surface area contributed by atoms with E-state index < -0.39 is 0 Å². The van der Waals surface area contributed by atoms with Crippen molar-refractivity contribution in [2.24, 2.45) is 0 Å². The lowest BCUT2D eigenvalue weighted by Crippen LogP contribution is -2.41. The lowest BCUT2D eigenvalue weighted by Gasteiger charge is -2.30. The van der Waals surface area contributed by atoms with E-state index >= 15 is 0 Å². The van der Waals surface area contributed by atoms with E-state index in [1.807, 2.05) is 30.0 Å². The highest BCUT2D eigenvalue weighted by atomic mass is 79.9. The van der Waals surface area contributed by atoms with Crippen molar-refractivity contribution in [3.63, 3.8) is 0 Å². The normalized spacial score (nSPS) is 10.8. The van der Waals surface area contributed by atoms with Gasteiger partial charge in [-0.3, -0.25) is 4.79 Å². The smallest absolute Gasteiger partial charge is 0.254 e. The lowest BCUT2D eigenvalue weighted by atomic mass is 10.0. The number of halogens is 2. The van der Waals surface area contributed by atoms with Gasteiger partial charge in [0.05, 0.1) is 0 Å². The molecule has 0 atom stereocenters. The average molecular weight is 347 g/mol. The maximum atomic E-state index is 12.7. The molecule has 0 saturated carbocycles. The average Bonchev–Trinajstić information content (AvgIpc) is 2.38. The molecule has 1 amide bonds. The van der Waals surface area contributed by atoms with Crippen LogP contribution in [0.4, 0.5) is 0 Å². The molecule has 4 heteroatoms. The number of carbonyl (C=O) groups excluding carboxylic acids is 1. The summed E-state index contributed by atoms with van der Waals surface area (Å²) < 4.78 is 0.993. The van der Waals surface area contributed by atoms with Crippen LogP contribution >= 0.6 is 27.5 Å². The molecule has 0 aliphatic carbocycles. The highest BCUT2D eigenvalue weighted by molar-refractivity contribution is 9.10. The number of rotatable bonds is 6. The topological polar surface area (TPSA) is 20.3 Å². The van der Waals surface area contributed by atoms with Gasteiger partial charge in [0.2, 0.25) is 0 Å². The number of aryl methyl sites for hydroxylation is 1. The molecular weight excluding hydrogens is 326 g/mol. The summed E-state index contributed by atoms with van der Waals surface area (Å²) in [5.41, 5.74) is 1.75. The molecule has 0 radical (unpaired) electrons. The van der Waals surface area contributed by atoms with Crippen molar-refractivity contribution in [1.82, 2.24) is 4.90 Å². The first-order chi connectivity index (χ1) is 9.04. The van der Waals surface area contributed by atoms with Gasteiger partial charge in [0.25, 0.3) is 5.91 Å². The summed E-state index contributed by atoms with van der Waals surface area (Å²) in [6, 6.07) is 6.02. The zero-order chi connectivity index (χ0) is 14.4. The standard InChI is InChI=1S/C15H21BrClNO/c1-4-13(5-2)18(9-8-17)15(19)14-7-6-12(16)10-11(14)3/h6-7,10,13H,4-5,8-9H2,1-3H3. The highest BCUT2D eigenvalue weighted by Crippen LogP contribution is 2.20. The minimum atomic E-state index is 0.0827. The van der Waals surface area contributed by atoms with Gasteiger partial charge in [-0.25, -0.2) is 0 Å². The van der Waals surface area contributed by atoms with E-state index in [1.54, 1.807) is 0 Å². The van der Waals surface area contributed by atoms with E-state index in [2.05, 4.69) is 29.8 Å². The fourth-order valence-corrected chi connectivity index (χ4v) is 2.95. The van der Waals surface area contributed by atoms with Crippen molar-refractivity contribution in [1.29, 1.82) is 0 Å². The Balaban J connectivity index is 3.04. The van der Waals surface area contributed by atoms with E-state index in [0.29, 0.717) is 12.4 Å².